The van der Waals surface area contributed by atoms with Crippen molar-refractivity contribution in [2.24, 2.45) is 51.8 Å². The summed E-state index contributed by atoms with van der Waals surface area (Å²) >= 11 is 0. The van der Waals surface area contributed by atoms with Gasteiger partial charge < -0.3 is 5.11 Å². The quantitative estimate of drug-likeness (QED) is 0.470. The SMILES string of the molecule is CC(C)CCC[C@@H](C)[C@H]1CC[C@H]2[C@@H]3[C@H](O)C=C4C(C)(C)C(=O)CC[C@]4(C)[C@H]3CC[C@]12C. The summed E-state index contributed by atoms with van der Waals surface area (Å²) in [5, 5.41) is 11.5. The van der Waals surface area contributed by atoms with Crippen LogP contribution in [0.3, 0.4) is 0 Å². The second-order valence-corrected chi connectivity index (χ2v) is 13.4. The predicted octanol–water partition coefficient (Wildman–Crippen LogP) is 7.20. The highest BCUT2D eigenvalue weighted by molar-refractivity contribution is 5.89. The molecule has 0 aromatic carbocycles. The second kappa shape index (κ2) is 8.00. The van der Waals surface area contributed by atoms with Gasteiger partial charge in [0.25, 0.3) is 0 Å². The lowest BCUT2D eigenvalue weighted by Crippen LogP contribution is -2.57. The van der Waals surface area contributed by atoms with E-state index in [9.17, 15) is 9.90 Å². The van der Waals surface area contributed by atoms with Crippen LogP contribution in [0.5, 0.6) is 0 Å². The van der Waals surface area contributed by atoms with E-state index in [0.717, 1.165) is 24.2 Å². The van der Waals surface area contributed by atoms with E-state index in [2.05, 4.69) is 54.5 Å². The average molecular weight is 429 g/mol. The standard InChI is InChI=1S/C29H48O2/c1-18(2)9-8-10-19(3)20-11-12-21-26-22(13-15-28(20,21)6)29(7)16-14-25(31)27(4,5)24(29)17-23(26)30/h17-23,26,30H,8-16H2,1-7H3/t19-,20-,21+,22+,23-,26+,28-,29-/m1/s1. The lowest BCUT2D eigenvalue weighted by atomic mass is 9.44. The third-order valence-electron chi connectivity index (χ3n) is 10.9. The van der Waals surface area contributed by atoms with E-state index < -0.39 is 5.41 Å². The van der Waals surface area contributed by atoms with Gasteiger partial charge in [0, 0.05) is 11.8 Å². The molecule has 4 aliphatic carbocycles. The minimum Gasteiger partial charge on any atom is -0.389 e. The maximum absolute atomic E-state index is 12.7. The number of allylic oxidation sites excluding steroid dienone is 1. The number of rotatable bonds is 5. The fraction of sp³-hybridized carbons (Fsp3) is 0.897. The van der Waals surface area contributed by atoms with Gasteiger partial charge in [-0.05, 0) is 92.3 Å². The molecule has 2 heteroatoms. The Balaban J connectivity index is 1.59. The third-order valence-corrected chi connectivity index (χ3v) is 10.9. The highest BCUT2D eigenvalue weighted by Crippen LogP contribution is 2.68. The second-order valence-electron chi connectivity index (χ2n) is 13.4. The zero-order valence-electron chi connectivity index (χ0n) is 21.3. The zero-order valence-corrected chi connectivity index (χ0v) is 21.3. The van der Waals surface area contributed by atoms with E-state index in [0.29, 0.717) is 35.4 Å². The number of carbonyl (C=O) groups excluding carboxylic acids is 1. The Morgan fingerprint density at radius 1 is 1.00 bits per heavy atom. The molecule has 3 fully saturated rings. The highest BCUT2D eigenvalue weighted by atomic mass is 16.3. The summed E-state index contributed by atoms with van der Waals surface area (Å²) < 4.78 is 0. The number of hydrogen-bond donors (Lipinski definition) is 1. The van der Waals surface area contributed by atoms with Gasteiger partial charge in [0.05, 0.1) is 6.10 Å². The fourth-order valence-electron chi connectivity index (χ4n) is 9.19. The van der Waals surface area contributed by atoms with Crippen LogP contribution >= 0.6 is 0 Å². The van der Waals surface area contributed by atoms with Crippen molar-refractivity contribution in [2.45, 2.75) is 112 Å². The predicted molar refractivity (Wildman–Crippen MR) is 129 cm³/mol. The molecule has 0 radical (unpaired) electrons. The minimum absolute atomic E-state index is 0.0869. The number of aliphatic hydroxyl groups excluding tert-OH is 1. The summed E-state index contributed by atoms with van der Waals surface area (Å²) in [6.07, 6.45) is 12.7. The molecule has 0 spiro atoms. The first kappa shape index (κ1) is 23.5. The third kappa shape index (κ3) is 3.58. The van der Waals surface area contributed by atoms with Crippen LogP contribution in [-0.2, 0) is 4.79 Å². The number of fused-ring (bicyclic) bond motifs is 5. The van der Waals surface area contributed by atoms with E-state index in [4.69, 9.17) is 0 Å². The molecule has 2 nitrogen and oxygen atoms in total. The molecular weight excluding hydrogens is 380 g/mol. The van der Waals surface area contributed by atoms with Crippen molar-refractivity contribution in [3.05, 3.63) is 11.6 Å². The van der Waals surface area contributed by atoms with Gasteiger partial charge in [-0.15, -0.1) is 0 Å². The number of carbonyl (C=O) groups is 1. The molecule has 0 unspecified atom stereocenters. The van der Waals surface area contributed by atoms with Crippen molar-refractivity contribution in [2.75, 3.05) is 0 Å². The van der Waals surface area contributed by atoms with Crippen molar-refractivity contribution in [1.29, 1.82) is 0 Å². The van der Waals surface area contributed by atoms with Gasteiger partial charge in [-0.25, -0.2) is 0 Å². The average Bonchev–Trinajstić information content (AvgIpc) is 3.04. The van der Waals surface area contributed by atoms with Crippen molar-refractivity contribution in [3.63, 3.8) is 0 Å². The largest absolute Gasteiger partial charge is 0.389 e. The van der Waals surface area contributed by atoms with E-state index in [1.165, 1.54) is 50.5 Å². The Morgan fingerprint density at radius 3 is 2.39 bits per heavy atom. The van der Waals surface area contributed by atoms with Gasteiger partial charge in [-0.3, -0.25) is 4.79 Å². The molecule has 0 heterocycles. The van der Waals surface area contributed by atoms with Crippen LogP contribution in [0.25, 0.3) is 0 Å². The number of Topliss-reactive ketones (excluding diaryl/α,β-unsaturated/α-hetero) is 1. The monoisotopic (exact) mass is 428 g/mol. The number of aliphatic hydroxyl groups is 1. The van der Waals surface area contributed by atoms with Gasteiger partial charge in [-0.2, -0.15) is 0 Å². The van der Waals surface area contributed by atoms with Crippen LogP contribution in [0.4, 0.5) is 0 Å². The molecule has 0 aromatic heterocycles. The Hall–Kier alpha value is -0.630. The van der Waals surface area contributed by atoms with E-state index in [1.807, 2.05) is 0 Å². The molecule has 0 aromatic rings. The van der Waals surface area contributed by atoms with Crippen molar-refractivity contribution in [3.8, 4) is 0 Å². The molecule has 8 atom stereocenters. The molecule has 1 N–H and O–H groups in total. The molecule has 31 heavy (non-hydrogen) atoms. The Bertz CT molecular complexity index is 733. The molecule has 0 aliphatic heterocycles. The van der Waals surface area contributed by atoms with Gasteiger partial charge in [0.15, 0.2) is 0 Å². The highest BCUT2D eigenvalue weighted by Gasteiger charge is 2.63. The maximum atomic E-state index is 12.7. The van der Waals surface area contributed by atoms with Gasteiger partial charge >= 0.3 is 0 Å². The van der Waals surface area contributed by atoms with E-state index in [-0.39, 0.29) is 11.5 Å². The molecule has 0 amide bonds. The Labute approximate surface area is 191 Å². The van der Waals surface area contributed by atoms with Crippen molar-refractivity contribution in [1.82, 2.24) is 0 Å². The Kier molecular flexibility index (Phi) is 6.07. The van der Waals surface area contributed by atoms with Gasteiger partial charge in [0.2, 0.25) is 0 Å². The molecule has 4 aliphatic rings. The van der Waals surface area contributed by atoms with E-state index in [1.54, 1.807) is 0 Å². The molecule has 4 rings (SSSR count). The van der Waals surface area contributed by atoms with Crippen LogP contribution < -0.4 is 0 Å². The van der Waals surface area contributed by atoms with Crippen LogP contribution in [0.1, 0.15) is 106 Å². The summed E-state index contributed by atoms with van der Waals surface area (Å²) in [6.45, 7) is 16.4. The topological polar surface area (TPSA) is 37.3 Å². The van der Waals surface area contributed by atoms with Crippen LogP contribution in [0.15, 0.2) is 11.6 Å². The molecule has 176 valence electrons. The van der Waals surface area contributed by atoms with Crippen LogP contribution in [0, 0.1) is 51.8 Å². The smallest absolute Gasteiger partial charge is 0.142 e. The fourth-order valence-corrected chi connectivity index (χ4v) is 9.19. The summed E-state index contributed by atoms with van der Waals surface area (Å²) in [6, 6.07) is 0. The summed E-state index contributed by atoms with van der Waals surface area (Å²) in [4.78, 5) is 12.7. The van der Waals surface area contributed by atoms with Gasteiger partial charge in [0.1, 0.15) is 5.78 Å². The van der Waals surface area contributed by atoms with Gasteiger partial charge in [-0.1, -0.05) is 65.5 Å². The van der Waals surface area contributed by atoms with Crippen LogP contribution in [-0.4, -0.2) is 17.0 Å². The summed E-state index contributed by atoms with van der Waals surface area (Å²) in [7, 11) is 0. The lowest BCUT2D eigenvalue weighted by molar-refractivity contribution is -0.135. The minimum atomic E-state index is -0.414. The Morgan fingerprint density at radius 2 is 1.71 bits per heavy atom. The van der Waals surface area contributed by atoms with Crippen molar-refractivity contribution < 1.29 is 9.90 Å². The van der Waals surface area contributed by atoms with E-state index >= 15 is 0 Å². The zero-order chi connectivity index (χ0) is 22.8. The molecule has 0 bridgehead atoms. The maximum Gasteiger partial charge on any atom is 0.142 e. The first-order valence-corrected chi connectivity index (χ1v) is 13.4. The molecule has 0 saturated heterocycles. The van der Waals surface area contributed by atoms with Crippen molar-refractivity contribution >= 4 is 5.78 Å². The summed E-state index contributed by atoms with van der Waals surface area (Å²) in [5.41, 5.74) is 1.30. The normalized spacial score (nSPS) is 45.0. The van der Waals surface area contributed by atoms with Crippen LogP contribution in [0.2, 0.25) is 0 Å². The molecule has 3 saturated carbocycles. The lowest BCUT2D eigenvalue weighted by Gasteiger charge is -2.61. The summed E-state index contributed by atoms with van der Waals surface area (Å²) in [5.74, 6) is 4.31. The number of ketones is 1. The number of hydrogen-bond acceptors (Lipinski definition) is 2. The first-order chi connectivity index (χ1) is 14.4. The first-order valence-electron chi connectivity index (χ1n) is 13.4. The molecular formula is C29H48O2.